The minimum atomic E-state index is -0.464. The minimum absolute atomic E-state index is 0.0798. The molecule has 0 aliphatic rings. The Morgan fingerprint density at radius 3 is 2.60 bits per heavy atom. The molecule has 0 radical (unpaired) electrons. The minimum Gasteiger partial charge on any atom is -0.489 e. The first-order valence-electron chi connectivity index (χ1n) is 5.96. The summed E-state index contributed by atoms with van der Waals surface area (Å²) in [4.78, 5) is 0. The van der Waals surface area contributed by atoms with Crippen LogP contribution in [-0.4, -0.2) is 10.9 Å². The molecule has 0 spiro atoms. The molecule has 0 heterocycles. The van der Waals surface area contributed by atoms with Gasteiger partial charge in [-0.15, -0.1) is 0 Å². The molecule has 0 amide bonds. The maximum absolute atomic E-state index is 13.7. The lowest BCUT2D eigenvalue weighted by Crippen LogP contribution is -1.99. The Morgan fingerprint density at radius 1 is 1.25 bits per heavy atom. The van der Waals surface area contributed by atoms with Crippen LogP contribution in [0.5, 0.6) is 5.75 Å². The summed E-state index contributed by atoms with van der Waals surface area (Å²) in [6.07, 6.45) is 0. The maximum atomic E-state index is 13.7. The molecule has 1 N–H and O–H groups in total. The zero-order valence-corrected chi connectivity index (χ0v) is 11.6. The first kappa shape index (κ1) is 14.3. The summed E-state index contributed by atoms with van der Waals surface area (Å²) < 4.78 is 19.2. The summed E-state index contributed by atoms with van der Waals surface area (Å²) >= 11 is 5.70. The first-order valence-corrected chi connectivity index (χ1v) is 6.34. The van der Waals surface area contributed by atoms with E-state index < -0.39 is 5.82 Å². The molecule has 0 aliphatic heterocycles. The van der Waals surface area contributed by atoms with E-state index in [1.807, 2.05) is 0 Å². The topological polar surface area (TPSA) is 41.8 Å². The maximum Gasteiger partial charge on any atom is 0.148 e. The van der Waals surface area contributed by atoms with Crippen LogP contribution >= 0.6 is 11.6 Å². The van der Waals surface area contributed by atoms with Gasteiger partial charge in [0.25, 0.3) is 0 Å². The van der Waals surface area contributed by atoms with Crippen LogP contribution in [0.15, 0.2) is 47.6 Å². The molecule has 2 rings (SSSR count). The molecule has 104 valence electrons. The molecule has 2 aromatic rings. The number of oxime groups is 1. The Morgan fingerprint density at radius 2 is 1.95 bits per heavy atom. The Bertz CT molecular complexity index is 626. The summed E-state index contributed by atoms with van der Waals surface area (Å²) in [5, 5.41) is 11.9. The van der Waals surface area contributed by atoms with Gasteiger partial charge in [0, 0.05) is 5.56 Å². The predicted molar refractivity (Wildman–Crippen MR) is 76.2 cm³/mol. The van der Waals surface area contributed by atoms with Crippen LogP contribution in [0.4, 0.5) is 4.39 Å². The molecule has 0 atom stereocenters. The summed E-state index contributed by atoms with van der Waals surface area (Å²) in [5.74, 6) is 0.132. The van der Waals surface area contributed by atoms with Crippen molar-refractivity contribution >= 4 is 17.3 Å². The van der Waals surface area contributed by atoms with Gasteiger partial charge in [0.1, 0.15) is 18.2 Å². The van der Waals surface area contributed by atoms with Crippen molar-refractivity contribution in [2.24, 2.45) is 5.16 Å². The van der Waals surface area contributed by atoms with Gasteiger partial charge in [-0.1, -0.05) is 28.9 Å². The number of ether oxygens (including phenoxy) is 1. The fraction of sp³-hybridized carbons (Fsp3) is 0.133. The fourth-order valence-corrected chi connectivity index (χ4v) is 1.87. The average molecular weight is 294 g/mol. The van der Waals surface area contributed by atoms with Crippen LogP contribution in [0.25, 0.3) is 0 Å². The highest BCUT2D eigenvalue weighted by atomic mass is 35.5. The largest absolute Gasteiger partial charge is 0.489 e. The lowest BCUT2D eigenvalue weighted by Gasteiger charge is -2.08. The molecule has 0 saturated heterocycles. The van der Waals surface area contributed by atoms with Gasteiger partial charge in [-0.2, -0.15) is 0 Å². The van der Waals surface area contributed by atoms with E-state index in [2.05, 4.69) is 5.16 Å². The zero-order chi connectivity index (χ0) is 14.5. The summed E-state index contributed by atoms with van der Waals surface area (Å²) in [6, 6.07) is 11.8. The summed E-state index contributed by atoms with van der Waals surface area (Å²) in [6.45, 7) is 1.79. The van der Waals surface area contributed by atoms with Crippen molar-refractivity contribution in [3.8, 4) is 5.75 Å². The Kier molecular flexibility index (Phi) is 4.58. The van der Waals surface area contributed by atoms with Gasteiger partial charge in [0.05, 0.1) is 10.7 Å². The zero-order valence-electron chi connectivity index (χ0n) is 10.8. The number of rotatable bonds is 4. The van der Waals surface area contributed by atoms with E-state index in [1.54, 1.807) is 43.3 Å². The van der Waals surface area contributed by atoms with Crippen LogP contribution < -0.4 is 4.74 Å². The van der Waals surface area contributed by atoms with Crippen molar-refractivity contribution in [1.82, 2.24) is 0 Å². The SMILES string of the molecule is C/C(=N/O)c1ccc(OCc2cccc(Cl)c2F)cc1. The second-order valence-corrected chi connectivity index (χ2v) is 4.62. The van der Waals surface area contributed by atoms with E-state index in [4.69, 9.17) is 21.5 Å². The third kappa shape index (κ3) is 3.27. The third-order valence-corrected chi connectivity index (χ3v) is 3.14. The average Bonchev–Trinajstić information content (AvgIpc) is 2.48. The molecular weight excluding hydrogens is 281 g/mol. The monoisotopic (exact) mass is 293 g/mol. The van der Waals surface area contributed by atoms with Crippen molar-refractivity contribution in [2.75, 3.05) is 0 Å². The highest BCUT2D eigenvalue weighted by Gasteiger charge is 2.07. The van der Waals surface area contributed by atoms with Gasteiger partial charge in [-0.25, -0.2) is 4.39 Å². The molecule has 20 heavy (non-hydrogen) atoms. The molecular formula is C15H13ClFNO2. The molecule has 0 aliphatic carbocycles. The van der Waals surface area contributed by atoms with Crippen LogP contribution in [0, 0.1) is 5.82 Å². The van der Waals surface area contributed by atoms with Crippen LogP contribution in [0.3, 0.4) is 0 Å². The van der Waals surface area contributed by atoms with Gasteiger partial charge in [-0.3, -0.25) is 0 Å². The second kappa shape index (κ2) is 6.39. The normalized spacial score (nSPS) is 11.4. The second-order valence-electron chi connectivity index (χ2n) is 4.21. The van der Waals surface area contributed by atoms with Gasteiger partial charge in [0.2, 0.25) is 0 Å². The highest BCUT2D eigenvalue weighted by molar-refractivity contribution is 6.30. The van der Waals surface area contributed by atoms with Crippen LogP contribution in [0.2, 0.25) is 5.02 Å². The van der Waals surface area contributed by atoms with Crippen molar-refractivity contribution in [3.05, 3.63) is 64.4 Å². The van der Waals surface area contributed by atoms with E-state index >= 15 is 0 Å². The highest BCUT2D eigenvalue weighted by Crippen LogP contribution is 2.20. The fourth-order valence-electron chi connectivity index (χ4n) is 1.67. The smallest absolute Gasteiger partial charge is 0.148 e. The molecule has 0 saturated carbocycles. The number of benzene rings is 2. The molecule has 0 unspecified atom stereocenters. The number of hydrogen-bond donors (Lipinski definition) is 1. The Balaban J connectivity index is 2.06. The van der Waals surface area contributed by atoms with E-state index in [0.29, 0.717) is 17.0 Å². The molecule has 5 heteroatoms. The van der Waals surface area contributed by atoms with E-state index in [0.717, 1.165) is 5.56 Å². The van der Waals surface area contributed by atoms with Crippen molar-refractivity contribution in [1.29, 1.82) is 0 Å². The quantitative estimate of drug-likeness (QED) is 0.520. The lowest BCUT2D eigenvalue weighted by molar-refractivity contribution is 0.300. The number of nitrogens with zero attached hydrogens (tertiary/aromatic N) is 1. The van der Waals surface area contributed by atoms with E-state index in [9.17, 15) is 4.39 Å². The van der Waals surface area contributed by atoms with Crippen molar-refractivity contribution < 1.29 is 14.3 Å². The number of halogens is 2. The summed E-state index contributed by atoms with van der Waals surface area (Å²) in [5.41, 5.74) is 1.70. The molecule has 2 aromatic carbocycles. The Hall–Kier alpha value is -2.07. The van der Waals surface area contributed by atoms with Gasteiger partial charge in [-0.05, 0) is 42.8 Å². The van der Waals surface area contributed by atoms with Crippen LogP contribution in [-0.2, 0) is 6.61 Å². The molecule has 0 aromatic heterocycles. The lowest BCUT2D eigenvalue weighted by atomic mass is 10.1. The van der Waals surface area contributed by atoms with E-state index in [-0.39, 0.29) is 11.6 Å². The molecule has 0 fully saturated rings. The molecule has 3 nitrogen and oxygen atoms in total. The first-order chi connectivity index (χ1) is 9.61. The van der Waals surface area contributed by atoms with Crippen molar-refractivity contribution in [2.45, 2.75) is 13.5 Å². The van der Waals surface area contributed by atoms with Gasteiger partial charge in [0.15, 0.2) is 0 Å². The third-order valence-electron chi connectivity index (χ3n) is 2.85. The summed E-state index contributed by atoms with van der Waals surface area (Å²) in [7, 11) is 0. The van der Waals surface area contributed by atoms with E-state index in [1.165, 1.54) is 6.07 Å². The number of hydrogen-bond acceptors (Lipinski definition) is 3. The molecule has 0 bridgehead atoms. The Labute approximate surface area is 121 Å². The predicted octanol–water partition coefficient (Wildman–Crippen LogP) is 4.26. The van der Waals surface area contributed by atoms with Gasteiger partial charge < -0.3 is 9.94 Å². The standard InChI is InChI=1S/C15H13ClFNO2/c1-10(18-19)11-5-7-13(8-6-11)20-9-12-3-2-4-14(16)15(12)17/h2-8,19H,9H2,1H3/b18-10-. The van der Waals surface area contributed by atoms with Crippen molar-refractivity contribution in [3.63, 3.8) is 0 Å². The van der Waals surface area contributed by atoms with Gasteiger partial charge >= 0.3 is 0 Å². The van der Waals surface area contributed by atoms with Crippen LogP contribution in [0.1, 0.15) is 18.1 Å².